The smallest absolute Gasteiger partial charge is 0.241 e. The Morgan fingerprint density at radius 1 is 1.39 bits per heavy atom. The average molecular weight is 272 g/mol. The molecule has 0 aliphatic carbocycles. The molecule has 1 saturated heterocycles. The molecule has 106 valence electrons. The van der Waals surface area contributed by atoms with Gasteiger partial charge in [0.1, 0.15) is 0 Å². The summed E-state index contributed by atoms with van der Waals surface area (Å²) in [5.74, 6) is 2.13. The molecule has 2 unspecified atom stereocenters. The van der Waals surface area contributed by atoms with Gasteiger partial charge in [0, 0.05) is 6.54 Å². The van der Waals surface area contributed by atoms with E-state index in [0.29, 0.717) is 11.8 Å². The van der Waals surface area contributed by atoms with Crippen molar-refractivity contribution in [2.45, 2.75) is 58.7 Å². The minimum Gasteiger partial charge on any atom is -0.326 e. The van der Waals surface area contributed by atoms with Crippen LogP contribution in [-0.4, -0.2) is 41.6 Å². The van der Waals surface area contributed by atoms with Crippen LogP contribution in [0.15, 0.2) is 0 Å². The molecular weight excluding hydrogens is 244 g/mol. The van der Waals surface area contributed by atoms with Gasteiger partial charge in [-0.25, -0.2) is 0 Å². The molecule has 3 nitrogen and oxygen atoms in total. The van der Waals surface area contributed by atoms with E-state index in [2.05, 4.69) is 37.2 Å². The van der Waals surface area contributed by atoms with Gasteiger partial charge in [-0.15, -0.1) is 0 Å². The van der Waals surface area contributed by atoms with Crippen molar-refractivity contribution >= 4 is 17.7 Å². The number of carbonyl (C=O) groups is 1. The number of hydrogen-bond acceptors (Lipinski definition) is 3. The van der Waals surface area contributed by atoms with Gasteiger partial charge in [-0.05, 0) is 43.6 Å². The molecule has 0 radical (unpaired) electrons. The van der Waals surface area contributed by atoms with Crippen molar-refractivity contribution in [2.24, 2.45) is 5.92 Å². The molecule has 0 aromatic heterocycles. The van der Waals surface area contributed by atoms with Gasteiger partial charge in [-0.3, -0.25) is 10.1 Å². The lowest BCUT2D eigenvalue weighted by Crippen LogP contribution is -2.39. The molecule has 18 heavy (non-hydrogen) atoms. The number of nitrogens with one attached hydrogen (secondary N) is 1. The van der Waals surface area contributed by atoms with Crippen LogP contribution in [0.25, 0.3) is 0 Å². The second-order valence-corrected chi connectivity index (χ2v) is 6.49. The van der Waals surface area contributed by atoms with Gasteiger partial charge in [0.15, 0.2) is 0 Å². The fourth-order valence-corrected chi connectivity index (χ4v) is 2.97. The lowest BCUT2D eigenvalue weighted by atomic mass is 10.1. The summed E-state index contributed by atoms with van der Waals surface area (Å²) in [7, 11) is 0. The van der Waals surface area contributed by atoms with Gasteiger partial charge in [-0.1, -0.05) is 20.8 Å². The maximum atomic E-state index is 12.3. The van der Waals surface area contributed by atoms with Crippen LogP contribution >= 0.6 is 11.8 Å². The van der Waals surface area contributed by atoms with Crippen molar-refractivity contribution in [1.82, 2.24) is 10.2 Å². The summed E-state index contributed by atoms with van der Waals surface area (Å²) >= 11 is 1.88. The molecule has 1 heterocycles. The fraction of sp³-hybridized carbons (Fsp3) is 0.929. The minimum absolute atomic E-state index is 0.0503. The fourth-order valence-electron chi connectivity index (χ4n) is 2.48. The van der Waals surface area contributed by atoms with E-state index < -0.39 is 0 Å². The summed E-state index contributed by atoms with van der Waals surface area (Å²) in [5.41, 5.74) is 0. The summed E-state index contributed by atoms with van der Waals surface area (Å²) in [5, 5.41) is 3.48. The first-order chi connectivity index (χ1) is 8.60. The first kappa shape index (κ1) is 15.8. The highest BCUT2D eigenvalue weighted by Gasteiger charge is 2.37. The van der Waals surface area contributed by atoms with E-state index in [1.54, 1.807) is 0 Å². The van der Waals surface area contributed by atoms with Gasteiger partial charge >= 0.3 is 0 Å². The van der Waals surface area contributed by atoms with Crippen molar-refractivity contribution in [3.05, 3.63) is 0 Å². The van der Waals surface area contributed by atoms with Crippen LogP contribution in [0.2, 0.25) is 0 Å². The Morgan fingerprint density at radius 3 is 2.67 bits per heavy atom. The van der Waals surface area contributed by atoms with Gasteiger partial charge in [0.2, 0.25) is 5.91 Å². The molecule has 0 aromatic carbocycles. The molecule has 1 N–H and O–H groups in total. The molecule has 1 rings (SSSR count). The Morgan fingerprint density at radius 2 is 2.11 bits per heavy atom. The van der Waals surface area contributed by atoms with E-state index in [1.165, 1.54) is 12.2 Å². The van der Waals surface area contributed by atoms with Crippen LogP contribution in [0.3, 0.4) is 0 Å². The van der Waals surface area contributed by atoms with Gasteiger partial charge in [0.25, 0.3) is 0 Å². The largest absolute Gasteiger partial charge is 0.326 e. The number of amides is 1. The van der Waals surface area contributed by atoms with E-state index in [4.69, 9.17) is 0 Å². The summed E-state index contributed by atoms with van der Waals surface area (Å²) < 4.78 is 0. The predicted molar refractivity (Wildman–Crippen MR) is 79.8 cm³/mol. The van der Waals surface area contributed by atoms with Crippen LogP contribution in [0.1, 0.15) is 46.5 Å². The molecule has 0 aromatic rings. The van der Waals surface area contributed by atoms with Crippen LogP contribution < -0.4 is 5.32 Å². The summed E-state index contributed by atoms with van der Waals surface area (Å²) in [4.78, 5) is 14.3. The van der Waals surface area contributed by atoms with Gasteiger partial charge < -0.3 is 4.90 Å². The Bertz CT molecular complexity index is 258. The number of rotatable bonds is 8. The highest BCUT2D eigenvalue weighted by atomic mass is 32.2. The van der Waals surface area contributed by atoms with Crippen LogP contribution in [-0.2, 0) is 4.79 Å². The first-order valence-electron chi connectivity index (χ1n) is 7.15. The van der Waals surface area contributed by atoms with Crippen molar-refractivity contribution in [2.75, 3.05) is 18.6 Å². The Labute approximate surface area is 116 Å². The Kier molecular flexibility index (Phi) is 7.08. The highest BCUT2D eigenvalue weighted by molar-refractivity contribution is 7.98. The summed E-state index contributed by atoms with van der Waals surface area (Å²) in [6, 6.07) is 0.0503. The number of hydrogen-bond donors (Lipinski definition) is 1. The number of carbonyl (C=O) groups excluding carboxylic acids is 1. The topological polar surface area (TPSA) is 32.3 Å². The average Bonchev–Trinajstić information content (AvgIpc) is 2.61. The Balaban J connectivity index is 2.49. The van der Waals surface area contributed by atoms with E-state index in [1.807, 2.05) is 11.8 Å². The maximum Gasteiger partial charge on any atom is 0.241 e. The maximum absolute atomic E-state index is 12.3. The summed E-state index contributed by atoms with van der Waals surface area (Å²) in [6.45, 7) is 7.44. The molecular formula is C14H28N2OS. The molecule has 0 bridgehead atoms. The molecule has 1 aliphatic rings. The zero-order chi connectivity index (χ0) is 13.5. The standard InChI is InChI=1S/C14H28N2OS/c1-5-12-14(17)16(8-6-7-9-18-4)13(15-12)10-11(2)3/h11-13,15H,5-10H2,1-4H3. The van der Waals surface area contributed by atoms with Crippen LogP contribution in [0, 0.1) is 5.92 Å². The molecule has 0 saturated carbocycles. The third kappa shape index (κ3) is 4.47. The lowest BCUT2D eigenvalue weighted by molar-refractivity contribution is -0.130. The molecule has 2 atom stereocenters. The van der Waals surface area contributed by atoms with Crippen molar-refractivity contribution in [3.8, 4) is 0 Å². The third-order valence-electron chi connectivity index (χ3n) is 3.45. The monoisotopic (exact) mass is 272 g/mol. The number of nitrogens with zero attached hydrogens (tertiary/aromatic N) is 1. The molecule has 1 fully saturated rings. The van der Waals surface area contributed by atoms with Crippen LogP contribution in [0.4, 0.5) is 0 Å². The molecule has 0 spiro atoms. The van der Waals surface area contributed by atoms with Crippen molar-refractivity contribution in [3.63, 3.8) is 0 Å². The second-order valence-electron chi connectivity index (χ2n) is 5.50. The van der Waals surface area contributed by atoms with Crippen LogP contribution in [0.5, 0.6) is 0 Å². The third-order valence-corrected chi connectivity index (χ3v) is 4.15. The zero-order valence-electron chi connectivity index (χ0n) is 12.2. The lowest BCUT2D eigenvalue weighted by Gasteiger charge is -2.25. The predicted octanol–water partition coefficient (Wildman–Crippen LogP) is 2.71. The van der Waals surface area contributed by atoms with E-state index >= 15 is 0 Å². The Hall–Kier alpha value is -0.220. The number of unbranched alkanes of at least 4 members (excludes halogenated alkanes) is 1. The SMILES string of the molecule is CCC1NC(CC(C)C)N(CCCCSC)C1=O. The van der Waals surface area contributed by atoms with E-state index in [9.17, 15) is 4.79 Å². The van der Waals surface area contributed by atoms with E-state index in [0.717, 1.165) is 25.8 Å². The van der Waals surface area contributed by atoms with Crippen molar-refractivity contribution < 1.29 is 4.79 Å². The first-order valence-corrected chi connectivity index (χ1v) is 8.55. The van der Waals surface area contributed by atoms with E-state index in [-0.39, 0.29) is 12.2 Å². The normalized spacial score (nSPS) is 24.3. The molecule has 4 heteroatoms. The highest BCUT2D eigenvalue weighted by Crippen LogP contribution is 2.19. The van der Waals surface area contributed by atoms with Gasteiger partial charge in [0.05, 0.1) is 12.2 Å². The summed E-state index contributed by atoms with van der Waals surface area (Å²) in [6.07, 6.45) is 6.68. The molecule has 1 amide bonds. The quantitative estimate of drug-likeness (QED) is 0.690. The van der Waals surface area contributed by atoms with Crippen molar-refractivity contribution in [1.29, 1.82) is 0 Å². The molecule has 1 aliphatic heterocycles. The second kappa shape index (κ2) is 8.05. The minimum atomic E-state index is 0.0503. The number of thioether (sulfide) groups is 1. The van der Waals surface area contributed by atoms with Gasteiger partial charge in [-0.2, -0.15) is 11.8 Å². The zero-order valence-corrected chi connectivity index (χ0v) is 13.1.